The van der Waals surface area contributed by atoms with Crippen LogP contribution in [0.2, 0.25) is 0 Å². The molecule has 1 amide bonds. The molecule has 134 valence electrons. The number of carbonyl (C=O) groups is 1. The number of benzene rings is 1. The van der Waals surface area contributed by atoms with Gasteiger partial charge in [0, 0.05) is 6.54 Å². The Kier molecular flexibility index (Phi) is 5.87. The van der Waals surface area contributed by atoms with E-state index in [0.717, 1.165) is 12.8 Å². The topological polar surface area (TPSA) is 72.9 Å². The van der Waals surface area contributed by atoms with Crippen molar-refractivity contribution in [3.8, 4) is 0 Å². The Morgan fingerprint density at radius 1 is 1.21 bits per heavy atom. The highest BCUT2D eigenvalue weighted by Gasteiger charge is 2.34. The van der Waals surface area contributed by atoms with E-state index in [1.165, 1.54) is 4.90 Å². The molecule has 0 aliphatic carbocycles. The van der Waals surface area contributed by atoms with Crippen LogP contribution in [-0.2, 0) is 24.8 Å². The number of hydrogen-bond donors (Lipinski definition) is 0. The monoisotopic (exact) mass is 355 g/mol. The molecule has 1 atom stereocenters. The van der Waals surface area contributed by atoms with Gasteiger partial charge in [0.1, 0.15) is 11.4 Å². The normalized spacial score (nSPS) is 19.1. The summed E-state index contributed by atoms with van der Waals surface area (Å²) >= 11 is 0. The SMILES string of the molecule is CC(C)(C)OC(=O)N1CCCC[C@@H]1OS(=O)(=O)Cc1ccccc1. The maximum absolute atomic E-state index is 12.3. The van der Waals surface area contributed by atoms with Crippen molar-refractivity contribution in [2.45, 2.75) is 57.6 Å². The number of rotatable bonds is 4. The van der Waals surface area contributed by atoms with Crippen molar-refractivity contribution < 1.29 is 22.1 Å². The minimum Gasteiger partial charge on any atom is -0.444 e. The maximum Gasteiger partial charge on any atom is 0.412 e. The summed E-state index contributed by atoms with van der Waals surface area (Å²) in [5, 5.41) is 0. The fourth-order valence-corrected chi connectivity index (χ4v) is 3.72. The van der Waals surface area contributed by atoms with E-state index in [1.54, 1.807) is 45.0 Å². The summed E-state index contributed by atoms with van der Waals surface area (Å²) in [6.07, 6.45) is 0.750. The highest BCUT2D eigenvalue weighted by Crippen LogP contribution is 2.23. The molecule has 1 aliphatic heterocycles. The highest BCUT2D eigenvalue weighted by molar-refractivity contribution is 7.85. The van der Waals surface area contributed by atoms with Crippen molar-refractivity contribution in [2.24, 2.45) is 0 Å². The second kappa shape index (κ2) is 7.53. The molecule has 24 heavy (non-hydrogen) atoms. The third-order valence-electron chi connectivity index (χ3n) is 3.52. The lowest BCUT2D eigenvalue weighted by molar-refractivity contribution is -0.0317. The summed E-state index contributed by atoms with van der Waals surface area (Å²) in [6, 6.07) is 8.83. The lowest BCUT2D eigenvalue weighted by Gasteiger charge is -2.35. The molecule has 7 heteroatoms. The van der Waals surface area contributed by atoms with E-state index in [4.69, 9.17) is 8.92 Å². The molecule has 1 aliphatic rings. The van der Waals surface area contributed by atoms with Crippen LogP contribution in [0.25, 0.3) is 0 Å². The lowest BCUT2D eigenvalue weighted by Crippen LogP contribution is -2.48. The van der Waals surface area contributed by atoms with E-state index in [-0.39, 0.29) is 5.75 Å². The number of nitrogens with zero attached hydrogens (tertiary/aromatic N) is 1. The standard InChI is InChI=1S/C17H25NO5S/c1-17(2,3)22-16(19)18-12-8-7-11-15(18)23-24(20,21)13-14-9-5-4-6-10-14/h4-6,9-10,15H,7-8,11-13H2,1-3H3/t15-/m0/s1. The van der Waals surface area contributed by atoms with Crippen LogP contribution in [0.15, 0.2) is 30.3 Å². The van der Waals surface area contributed by atoms with E-state index in [9.17, 15) is 13.2 Å². The molecule has 0 bridgehead atoms. The van der Waals surface area contributed by atoms with Crippen LogP contribution in [0.4, 0.5) is 4.79 Å². The van der Waals surface area contributed by atoms with Gasteiger partial charge in [-0.25, -0.2) is 8.98 Å². The van der Waals surface area contributed by atoms with Gasteiger partial charge in [-0.05, 0) is 45.6 Å². The van der Waals surface area contributed by atoms with Crippen LogP contribution in [0.1, 0.15) is 45.6 Å². The lowest BCUT2D eigenvalue weighted by atomic mass is 10.1. The molecule has 0 radical (unpaired) electrons. The molecule has 1 heterocycles. The Labute approximate surface area is 143 Å². The van der Waals surface area contributed by atoms with Gasteiger partial charge >= 0.3 is 6.09 Å². The maximum atomic E-state index is 12.3. The van der Waals surface area contributed by atoms with Crippen molar-refractivity contribution in [3.63, 3.8) is 0 Å². The van der Waals surface area contributed by atoms with Crippen molar-refractivity contribution in [1.29, 1.82) is 0 Å². The predicted octanol–water partition coefficient (Wildman–Crippen LogP) is 3.28. The first kappa shape index (κ1) is 18.7. The first-order valence-corrected chi connectivity index (χ1v) is 9.68. The van der Waals surface area contributed by atoms with Crippen LogP contribution in [0.3, 0.4) is 0 Å². The molecule has 1 aromatic carbocycles. The van der Waals surface area contributed by atoms with E-state index in [2.05, 4.69) is 0 Å². The Balaban J connectivity index is 2.06. The van der Waals surface area contributed by atoms with E-state index in [1.807, 2.05) is 6.07 Å². The molecule has 6 nitrogen and oxygen atoms in total. The molecular formula is C17H25NO5S. The van der Waals surface area contributed by atoms with Gasteiger partial charge in [0.25, 0.3) is 10.1 Å². The number of piperidine rings is 1. The van der Waals surface area contributed by atoms with Crippen LogP contribution < -0.4 is 0 Å². The zero-order chi connectivity index (χ0) is 17.8. The van der Waals surface area contributed by atoms with Gasteiger partial charge in [0.2, 0.25) is 0 Å². The summed E-state index contributed by atoms with van der Waals surface area (Å²) in [5.41, 5.74) is 0.0132. The van der Waals surface area contributed by atoms with Gasteiger partial charge in [0.05, 0.1) is 0 Å². The van der Waals surface area contributed by atoms with Crippen molar-refractivity contribution in [3.05, 3.63) is 35.9 Å². The third kappa shape index (κ3) is 5.79. The first-order valence-electron chi connectivity index (χ1n) is 8.11. The number of ether oxygens (including phenoxy) is 1. The number of hydrogen-bond acceptors (Lipinski definition) is 5. The molecule has 1 saturated heterocycles. The zero-order valence-corrected chi connectivity index (χ0v) is 15.2. The van der Waals surface area contributed by atoms with E-state index < -0.39 is 28.0 Å². The van der Waals surface area contributed by atoms with E-state index >= 15 is 0 Å². The molecule has 0 unspecified atom stereocenters. The van der Waals surface area contributed by atoms with Gasteiger partial charge in [-0.3, -0.25) is 4.90 Å². The molecule has 2 rings (SSSR count). The molecule has 0 aromatic heterocycles. The van der Waals surface area contributed by atoms with E-state index in [0.29, 0.717) is 18.5 Å². The minimum absolute atomic E-state index is 0.216. The summed E-state index contributed by atoms with van der Waals surface area (Å²) < 4.78 is 35.3. The number of amides is 1. The van der Waals surface area contributed by atoms with Crippen molar-refractivity contribution in [1.82, 2.24) is 4.90 Å². The second-order valence-electron chi connectivity index (χ2n) is 6.91. The van der Waals surface area contributed by atoms with Gasteiger partial charge in [0.15, 0.2) is 6.23 Å². The van der Waals surface area contributed by atoms with Gasteiger partial charge in [-0.1, -0.05) is 30.3 Å². The van der Waals surface area contributed by atoms with Crippen LogP contribution in [-0.4, -0.2) is 37.8 Å². The molecule has 0 saturated carbocycles. The van der Waals surface area contributed by atoms with Gasteiger partial charge < -0.3 is 4.74 Å². The Bertz CT molecular complexity index is 651. The van der Waals surface area contributed by atoms with Gasteiger partial charge in [-0.15, -0.1) is 0 Å². The smallest absolute Gasteiger partial charge is 0.412 e. The quantitative estimate of drug-likeness (QED) is 0.775. The fraction of sp³-hybridized carbons (Fsp3) is 0.588. The molecular weight excluding hydrogens is 330 g/mol. The Morgan fingerprint density at radius 2 is 1.88 bits per heavy atom. The summed E-state index contributed by atoms with van der Waals surface area (Å²) in [6.45, 7) is 5.75. The van der Waals surface area contributed by atoms with Gasteiger partial charge in [-0.2, -0.15) is 8.42 Å². The molecule has 1 aromatic rings. The number of likely N-dealkylation sites (tertiary alicyclic amines) is 1. The first-order chi connectivity index (χ1) is 11.2. The van der Waals surface area contributed by atoms with Crippen molar-refractivity contribution in [2.75, 3.05) is 6.54 Å². The molecule has 1 fully saturated rings. The predicted molar refractivity (Wildman–Crippen MR) is 90.7 cm³/mol. The number of carbonyl (C=O) groups excluding carboxylic acids is 1. The second-order valence-corrected chi connectivity index (χ2v) is 8.50. The Morgan fingerprint density at radius 3 is 2.50 bits per heavy atom. The van der Waals surface area contributed by atoms with Crippen LogP contribution >= 0.6 is 0 Å². The van der Waals surface area contributed by atoms with Crippen molar-refractivity contribution >= 4 is 16.2 Å². The highest BCUT2D eigenvalue weighted by atomic mass is 32.2. The largest absolute Gasteiger partial charge is 0.444 e. The average molecular weight is 355 g/mol. The average Bonchev–Trinajstić information content (AvgIpc) is 2.46. The third-order valence-corrected chi connectivity index (χ3v) is 4.72. The summed E-state index contributed by atoms with van der Waals surface area (Å²) in [4.78, 5) is 13.7. The minimum atomic E-state index is -3.79. The molecule has 0 spiro atoms. The summed E-state index contributed by atoms with van der Waals surface area (Å²) in [7, 11) is -3.79. The summed E-state index contributed by atoms with van der Waals surface area (Å²) in [5.74, 6) is -0.216. The van der Waals surface area contributed by atoms with Crippen LogP contribution in [0.5, 0.6) is 0 Å². The molecule has 0 N–H and O–H groups in total. The fourth-order valence-electron chi connectivity index (χ4n) is 2.51. The zero-order valence-electron chi connectivity index (χ0n) is 14.4. The Hall–Kier alpha value is -1.60. The van der Waals surface area contributed by atoms with Crippen LogP contribution in [0, 0.1) is 0 Å².